The van der Waals surface area contributed by atoms with Gasteiger partial charge in [-0.05, 0) is 43.5 Å². The summed E-state index contributed by atoms with van der Waals surface area (Å²) >= 11 is 1.26. The largest absolute Gasteiger partial charge is 0.351 e. The van der Waals surface area contributed by atoms with Crippen LogP contribution < -0.4 is 10.6 Å². The van der Waals surface area contributed by atoms with Crippen LogP contribution in [0.4, 0.5) is 10.1 Å². The van der Waals surface area contributed by atoms with Crippen LogP contribution in [0.3, 0.4) is 0 Å². The standard InChI is InChI=1S/C18H21FN4O2S/c19-13-4-6-14(7-5-13)21-17(24)10-26-11-18(25)22-15-2-1-3-16(15)23-9-8-20-12-23/h4-9,12,15-16H,1-3,10-11H2,(H,21,24)(H,22,25). The highest BCUT2D eigenvalue weighted by atomic mass is 32.2. The maximum atomic E-state index is 12.8. The summed E-state index contributed by atoms with van der Waals surface area (Å²) in [4.78, 5) is 28.1. The van der Waals surface area contributed by atoms with E-state index in [0.717, 1.165) is 19.3 Å². The van der Waals surface area contributed by atoms with Crippen LogP contribution in [0.25, 0.3) is 0 Å². The zero-order chi connectivity index (χ0) is 18.4. The summed E-state index contributed by atoms with van der Waals surface area (Å²) in [5, 5.41) is 5.74. The fourth-order valence-corrected chi connectivity index (χ4v) is 3.77. The number of thioether (sulfide) groups is 1. The first-order chi connectivity index (χ1) is 12.6. The monoisotopic (exact) mass is 376 g/mol. The molecule has 1 aromatic heterocycles. The summed E-state index contributed by atoms with van der Waals surface area (Å²) in [6.07, 6.45) is 8.49. The summed E-state index contributed by atoms with van der Waals surface area (Å²) in [5.74, 6) is -0.243. The molecule has 1 heterocycles. The number of carbonyl (C=O) groups excluding carboxylic acids is 2. The number of halogens is 1. The Morgan fingerprint density at radius 3 is 2.69 bits per heavy atom. The van der Waals surface area contributed by atoms with Gasteiger partial charge in [-0.1, -0.05) is 0 Å². The van der Waals surface area contributed by atoms with Gasteiger partial charge in [0.15, 0.2) is 0 Å². The fourth-order valence-electron chi connectivity index (χ4n) is 3.15. The van der Waals surface area contributed by atoms with E-state index in [1.807, 2.05) is 10.8 Å². The van der Waals surface area contributed by atoms with Crippen LogP contribution in [0.1, 0.15) is 25.3 Å². The summed E-state index contributed by atoms with van der Waals surface area (Å²) < 4.78 is 14.9. The third-order valence-corrected chi connectivity index (χ3v) is 5.26. The quantitative estimate of drug-likeness (QED) is 0.779. The number of benzene rings is 1. The molecule has 0 spiro atoms. The van der Waals surface area contributed by atoms with Crippen LogP contribution in [-0.4, -0.2) is 38.9 Å². The Balaban J connectivity index is 1.38. The zero-order valence-corrected chi connectivity index (χ0v) is 15.0. The molecule has 1 aliphatic carbocycles. The molecule has 1 saturated carbocycles. The summed E-state index contributed by atoms with van der Waals surface area (Å²) in [6.45, 7) is 0. The molecule has 1 fully saturated rings. The lowest BCUT2D eigenvalue weighted by atomic mass is 10.1. The van der Waals surface area contributed by atoms with E-state index in [9.17, 15) is 14.0 Å². The second-order valence-electron chi connectivity index (χ2n) is 6.23. The summed E-state index contributed by atoms with van der Waals surface area (Å²) in [6, 6.07) is 5.92. The van der Waals surface area contributed by atoms with Gasteiger partial charge in [0, 0.05) is 24.1 Å². The van der Waals surface area contributed by atoms with Crippen molar-refractivity contribution in [2.24, 2.45) is 0 Å². The molecule has 3 rings (SSSR count). The lowest BCUT2D eigenvalue weighted by Gasteiger charge is -2.22. The predicted molar refractivity (Wildman–Crippen MR) is 99.4 cm³/mol. The van der Waals surface area contributed by atoms with Gasteiger partial charge in [0.25, 0.3) is 0 Å². The number of nitrogens with one attached hydrogen (secondary N) is 2. The third-order valence-electron chi connectivity index (χ3n) is 4.33. The Bertz CT molecular complexity index is 736. The normalized spacial score (nSPS) is 19.3. The van der Waals surface area contributed by atoms with Crippen molar-refractivity contribution in [1.82, 2.24) is 14.9 Å². The van der Waals surface area contributed by atoms with Crippen LogP contribution in [-0.2, 0) is 9.59 Å². The minimum Gasteiger partial charge on any atom is -0.351 e. The summed E-state index contributed by atoms with van der Waals surface area (Å²) in [7, 11) is 0. The molecule has 6 nitrogen and oxygen atoms in total. The van der Waals surface area contributed by atoms with Gasteiger partial charge >= 0.3 is 0 Å². The van der Waals surface area contributed by atoms with Crippen LogP contribution in [0.5, 0.6) is 0 Å². The van der Waals surface area contributed by atoms with Gasteiger partial charge in [-0.15, -0.1) is 11.8 Å². The summed E-state index contributed by atoms with van der Waals surface area (Å²) in [5.41, 5.74) is 0.538. The lowest BCUT2D eigenvalue weighted by molar-refractivity contribution is -0.119. The number of nitrogens with zero attached hydrogens (tertiary/aromatic N) is 2. The second-order valence-corrected chi connectivity index (χ2v) is 7.22. The first-order valence-corrected chi connectivity index (χ1v) is 9.67. The number of anilines is 1. The predicted octanol–water partition coefficient (Wildman–Crippen LogP) is 2.60. The van der Waals surface area contributed by atoms with Crippen molar-refractivity contribution < 1.29 is 14.0 Å². The van der Waals surface area contributed by atoms with E-state index in [2.05, 4.69) is 15.6 Å². The fraction of sp³-hybridized carbons (Fsp3) is 0.389. The highest BCUT2D eigenvalue weighted by Gasteiger charge is 2.29. The number of hydrogen-bond donors (Lipinski definition) is 2. The average molecular weight is 376 g/mol. The Morgan fingerprint density at radius 1 is 1.19 bits per heavy atom. The Labute approximate surface area is 155 Å². The Morgan fingerprint density at radius 2 is 1.96 bits per heavy atom. The van der Waals surface area contributed by atoms with Crippen LogP contribution in [0.15, 0.2) is 43.0 Å². The van der Waals surface area contributed by atoms with Gasteiger partial charge in [-0.25, -0.2) is 9.37 Å². The van der Waals surface area contributed by atoms with Crippen molar-refractivity contribution in [2.75, 3.05) is 16.8 Å². The van der Waals surface area contributed by atoms with Crippen molar-refractivity contribution in [1.29, 1.82) is 0 Å². The molecule has 0 saturated heterocycles. The third kappa shape index (κ3) is 5.08. The number of rotatable bonds is 7. The maximum Gasteiger partial charge on any atom is 0.234 e. The molecule has 1 aliphatic rings. The Hall–Kier alpha value is -2.35. The van der Waals surface area contributed by atoms with Crippen LogP contribution in [0, 0.1) is 5.82 Å². The van der Waals surface area contributed by atoms with Crippen molar-refractivity contribution in [3.63, 3.8) is 0 Å². The minimum atomic E-state index is -0.352. The minimum absolute atomic E-state index is 0.0680. The molecular formula is C18H21FN4O2S. The SMILES string of the molecule is O=C(CSCC(=O)NC1CCCC1n1ccnc1)Nc1ccc(F)cc1. The molecule has 1 aromatic carbocycles. The van der Waals surface area contributed by atoms with E-state index < -0.39 is 0 Å². The van der Waals surface area contributed by atoms with Crippen LogP contribution >= 0.6 is 11.8 Å². The molecule has 2 unspecified atom stereocenters. The van der Waals surface area contributed by atoms with Crippen molar-refractivity contribution in [3.05, 3.63) is 48.8 Å². The van der Waals surface area contributed by atoms with Gasteiger partial charge in [0.05, 0.1) is 23.9 Å². The Kier molecular flexibility index (Phi) is 6.27. The topological polar surface area (TPSA) is 76.0 Å². The molecule has 138 valence electrons. The van der Waals surface area contributed by atoms with E-state index in [-0.39, 0.29) is 41.2 Å². The van der Waals surface area contributed by atoms with Crippen molar-refractivity contribution >= 4 is 29.3 Å². The van der Waals surface area contributed by atoms with E-state index in [4.69, 9.17) is 0 Å². The highest BCUT2D eigenvalue weighted by molar-refractivity contribution is 8.00. The number of carbonyl (C=O) groups is 2. The first-order valence-electron chi connectivity index (χ1n) is 8.52. The number of imidazole rings is 1. The molecule has 8 heteroatoms. The zero-order valence-electron chi connectivity index (χ0n) is 14.2. The van der Waals surface area contributed by atoms with E-state index in [0.29, 0.717) is 5.69 Å². The second kappa shape index (κ2) is 8.84. The molecule has 0 radical (unpaired) electrons. The van der Waals surface area contributed by atoms with Crippen LogP contribution in [0.2, 0.25) is 0 Å². The van der Waals surface area contributed by atoms with Crippen molar-refractivity contribution in [3.8, 4) is 0 Å². The molecule has 2 atom stereocenters. The molecule has 2 aromatic rings. The molecule has 2 N–H and O–H groups in total. The van der Waals surface area contributed by atoms with Crippen molar-refractivity contribution in [2.45, 2.75) is 31.3 Å². The maximum absolute atomic E-state index is 12.8. The highest BCUT2D eigenvalue weighted by Crippen LogP contribution is 2.29. The first kappa shape index (κ1) is 18.4. The average Bonchev–Trinajstić information content (AvgIpc) is 3.28. The molecule has 26 heavy (non-hydrogen) atoms. The number of hydrogen-bond acceptors (Lipinski definition) is 4. The lowest BCUT2D eigenvalue weighted by Crippen LogP contribution is -2.39. The molecular weight excluding hydrogens is 355 g/mol. The number of aromatic nitrogens is 2. The number of amides is 2. The van der Waals surface area contributed by atoms with E-state index in [1.165, 1.54) is 36.0 Å². The molecule has 0 bridgehead atoms. The van der Waals surface area contributed by atoms with Gasteiger partial charge in [-0.2, -0.15) is 0 Å². The van der Waals surface area contributed by atoms with Gasteiger partial charge in [-0.3, -0.25) is 9.59 Å². The smallest absolute Gasteiger partial charge is 0.234 e. The van der Waals surface area contributed by atoms with E-state index in [1.54, 1.807) is 12.5 Å². The molecule has 2 amide bonds. The van der Waals surface area contributed by atoms with Gasteiger partial charge in [0.2, 0.25) is 11.8 Å². The van der Waals surface area contributed by atoms with Gasteiger partial charge < -0.3 is 15.2 Å². The van der Waals surface area contributed by atoms with Gasteiger partial charge in [0.1, 0.15) is 5.82 Å². The van der Waals surface area contributed by atoms with E-state index >= 15 is 0 Å². The molecule has 0 aliphatic heterocycles.